The van der Waals surface area contributed by atoms with Crippen molar-refractivity contribution in [3.05, 3.63) is 77.0 Å². The lowest BCUT2D eigenvalue weighted by molar-refractivity contribution is 0.261. The number of halogens is 1. The van der Waals surface area contributed by atoms with Gasteiger partial charge in [0.1, 0.15) is 0 Å². The standard InChI is InChI=1S/C27H34ClN5O2S/c1-19(31-24(11-14-29)23-10-5-15-30-23)26-18-21-7-4-8-22(28)27(21)25(32-26)9-3-6-20-12-16-33(17-13-20)36(2,34)35/h4-5,7-8,10-11,14-15,18-20,30H,3,6,9,12-13,16-17,29H2,1-2H3. The van der Waals surface area contributed by atoms with Crippen LogP contribution in [-0.4, -0.2) is 47.7 Å². The number of piperidine rings is 1. The van der Waals surface area contributed by atoms with Crippen LogP contribution in [0.3, 0.4) is 0 Å². The molecule has 0 amide bonds. The number of fused-ring (bicyclic) bond motifs is 1. The third kappa shape index (κ3) is 6.35. The number of allylic oxidation sites excluding steroid dienone is 1. The van der Waals surface area contributed by atoms with E-state index in [4.69, 9.17) is 27.3 Å². The molecule has 0 saturated carbocycles. The number of H-pyrrole nitrogens is 1. The number of pyridine rings is 1. The molecule has 7 nitrogen and oxygen atoms in total. The molecule has 4 rings (SSSR count). The van der Waals surface area contributed by atoms with E-state index in [-0.39, 0.29) is 6.04 Å². The molecule has 0 bridgehead atoms. The van der Waals surface area contributed by atoms with Crippen molar-refractivity contribution in [2.75, 3.05) is 19.3 Å². The van der Waals surface area contributed by atoms with Crippen molar-refractivity contribution in [1.29, 1.82) is 0 Å². The predicted molar refractivity (Wildman–Crippen MR) is 148 cm³/mol. The summed E-state index contributed by atoms with van der Waals surface area (Å²) in [5.74, 6) is 0.530. The Morgan fingerprint density at radius 1 is 1.31 bits per heavy atom. The van der Waals surface area contributed by atoms with Crippen LogP contribution in [0, 0.1) is 5.92 Å². The van der Waals surface area contributed by atoms with Crippen LogP contribution in [-0.2, 0) is 16.4 Å². The maximum absolute atomic E-state index is 11.8. The molecule has 1 aliphatic rings. The number of rotatable bonds is 9. The molecule has 1 aliphatic heterocycles. The van der Waals surface area contributed by atoms with Crippen LogP contribution in [0.25, 0.3) is 10.8 Å². The topological polar surface area (TPSA) is 104 Å². The van der Waals surface area contributed by atoms with Crippen LogP contribution < -0.4 is 5.73 Å². The number of sulfonamides is 1. The van der Waals surface area contributed by atoms with Crippen LogP contribution in [0.5, 0.6) is 0 Å². The van der Waals surface area contributed by atoms with Gasteiger partial charge in [-0.25, -0.2) is 12.7 Å². The maximum Gasteiger partial charge on any atom is 0.211 e. The highest BCUT2D eigenvalue weighted by atomic mass is 35.5. The van der Waals surface area contributed by atoms with Gasteiger partial charge in [-0.2, -0.15) is 0 Å². The fourth-order valence-corrected chi connectivity index (χ4v) is 6.07. The number of hydrogen-bond donors (Lipinski definition) is 2. The van der Waals surface area contributed by atoms with Crippen molar-refractivity contribution in [2.45, 2.75) is 45.1 Å². The summed E-state index contributed by atoms with van der Waals surface area (Å²) in [5.41, 5.74) is 9.21. The predicted octanol–water partition coefficient (Wildman–Crippen LogP) is 5.23. The molecule has 0 spiro atoms. The Morgan fingerprint density at radius 2 is 2.08 bits per heavy atom. The highest BCUT2D eigenvalue weighted by Gasteiger charge is 2.24. The van der Waals surface area contributed by atoms with Gasteiger partial charge >= 0.3 is 0 Å². The Balaban J connectivity index is 1.53. The summed E-state index contributed by atoms with van der Waals surface area (Å²) in [5, 5.41) is 2.76. The van der Waals surface area contributed by atoms with Gasteiger partial charge in [0.15, 0.2) is 0 Å². The second-order valence-electron chi connectivity index (χ2n) is 9.46. The zero-order chi connectivity index (χ0) is 25.7. The summed E-state index contributed by atoms with van der Waals surface area (Å²) in [6.07, 6.45) is 11.1. The summed E-state index contributed by atoms with van der Waals surface area (Å²) in [7, 11) is -3.10. The fourth-order valence-electron chi connectivity index (χ4n) is 4.91. The monoisotopic (exact) mass is 527 g/mol. The average Bonchev–Trinajstić information content (AvgIpc) is 3.38. The van der Waals surface area contributed by atoms with Gasteiger partial charge in [-0.1, -0.05) is 23.7 Å². The lowest BCUT2D eigenvalue weighted by Gasteiger charge is -2.30. The number of nitrogens with two attached hydrogens (primary N) is 1. The normalized spacial score (nSPS) is 17.2. The zero-order valence-corrected chi connectivity index (χ0v) is 22.4. The van der Waals surface area contributed by atoms with Crippen molar-refractivity contribution < 1.29 is 8.42 Å². The highest BCUT2D eigenvalue weighted by Crippen LogP contribution is 2.31. The first-order valence-corrected chi connectivity index (χ1v) is 14.6. The van der Waals surface area contributed by atoms with E-state index < -0.39 is 10.0 Å². The number of hydrogen-bond acceptors (Lipinski definition) is 5. The highest BCUT2D eigenvalue weighted by molar-refractivity contribution is 7.88. The van der Waals surface area contributed by atoms with E-state index in [1.165, 1.54) is 12.5 Å². The van der Waals surface area contributed by atoms with Crippen LogP contribution in [0.2, 0.25) is 5.02 Å². The minimum Gasteiger partial charge on any atom is -0.405 e. The smallest absolute Gasteiger partial charge is 0.211 e. The first-order valence-electron chi connectivity index (χ1n) is 12.4. The van der Waals surface area contributed by atoms with Crippen LogP contribution in [0.4, 0.5) is 0 Å². The second kappa shape index (κ2) is 11.6. The Hall–Kier alpha value is -2.68. The van der Waals surface area contributed by atoms with Crippen molar-refractivity contribution in [2.24, 2.45) is 16.6 Å². The quantitative estimate of drug-likeness (QED) is 0.371. The summed E-state index contributed by atoms with van der Waals surface area (Å²) in [4.78, 5) is 13.1. The van der Waals surface area contributed by atoms with Gasteiger partial charge in [-0.15, -0.1) is 0 Å². The number of aliphatic imine (C=N–C) groups is 1. The van der Waals surface area contributed by atoms with E-state index >= 15 is 0 Å². The molecule has 192 valence electrons. The summed E-state index contributed by atoms with van der Waals surface area (Å²) in [6, 6.07) is 11.7. The van der Waals surface area contributed by atoms with Gasteiger partial charge in [0.2, 0.25) is 10.0 Å². The summed E-state index contributed by atoms with van der Waals surface area (Å²) in [6.45, 7) is 3.26. The Bertz CT molecular complexity index is 1340. The average molecular weight is 528 g/mol. The number of nitrogens with one attached hydrogen (secondary N) is 1. The molecule has 1 fully saturated rings. The lowest BCUT2D eigenvalue weighted by Crippen LogP contribution is -2.37. The maximum atomic E-state index is 11.8. The minimum absolute atomic E-state index is 0.179. The Labute approximate surface area is 218 Å². The molecule has 9 heteroatoms. The third-order valence-electron chi connectivity index (χ3n) is 6.86. The molecule has 36 heavy (non-hydrogen) atoms. The molecule has 3 N–H and O–H groups in total. The molecule has 1 aromatic carbocycles. The van der Waals surface area contributed by atoms with Crippen molar-refractivity contribution in [3.8, 4) is 0 Å². The first kappa shape index (κ1) is 26.4. The van der Waals surface area contributed by atoms with E-state index in [1.807, 2.05) is 37.4 Å². The minimum atomic E-state index is -3.10. The number of aromatic nitrogens is 2. The van der Waals surface area contributed by atoms with Crippen molar-refractivity contribution >= 4 is 38.1 Å². The summed E-state index contributed by atoms with van der Waals surface area (Å²) < 4.78 is 25.2. The van der Waals surface area contributed by atoms with Gasteiger partial charge in [-0.3, -0.25) is 9.98 Å². The van der Waals surface area contributed by atoms with Crippen LogP contribution in [0.15, 0.2) is 59.9 Å². The lowest BCUT2D eigenvalue weighted by atomic mass is 9.91. The molecule has 0 aliphatic carbocycles. The fraction of sp³-hybridized carbons (Fsp3) is 0.407. The molecule has 0 radical (unpaired) electrons. The molecule has 3 heterocycles. The molecule has 1 saturated heterocycles. The van der Waals surface area contributed by atoms with Crippen molar-refractivity contribution in [3.63, 3.8) is 0 Å². The number of aryl methyl sites for hydroxylation is 1. The number of aromatic amines is 1. The van der Waals surface area contributed by atoms with E-state index in [0.29, 0.717) is 24.0 Å². The van der Waals surface area contributed by atoms with E-state index in [2.05, 4.69) is 17.1 Å². The van der Waals surface area contributed by atoms with Gasteiger partial charge in [0.25, 0.3) is 0 Å². The molecule has 2 aromatic heterocycles. The molecular formula is C27H34ClN5O2S. The second-order valence-corrected chi connectivity index (χ2v) is 11.9. The largest absolute Gasteiger partial charge is 0.405 e. The Kier molecular flexibility index (Phi) is 8.49. The number of benzene rings is 1. The van der Waals surface area contributed by atoms with Crippen LogP contribution in [0.1, 0.15) is 55.7 Å². The van der Waals surface area contributed by atoms with Gasteiger partial charge in [-0.05, 0) is 86.9 Å². The van der Waals surface area contributed by atoms with Crippen molar-refractivity contribution in [1.82, 2.24) is 14.3 Å². The SMILES string of the molecule is CC(N=C(C=CN)c1ccc[nH]1)c1cc2cccc(Cl)c2c(CCCC2CCN(S(C)(=O)=O)CC2)n1. The van der Waals surface area contributed by atoms with E-state index in [0.717, 1.165) is 65.7 Å². The third-order valence-corrected chi connectivity index (χ3v) is 8.48. The molecule has 1 atom stereocenters. The summed E-state index contributed by atoms with van der Waals surface area (Å²) >= 11 is 6.62. The number of nitrogens with zero attached hydrogens (tertiary/aromatic N) is 3. The van der Waals surface area contributed by atoms with E-state index in [1.54, 1.807) is 10.4 Å². The molecule has 3 aromatic rings. The zero-order valence-electron chi connectivity index (χ0n) is 20.8. The molecule has 1 unspecified atom stereocenters. The Morgan fingerprint density at radius 3 is 2.75 bits per heavy atom. The van der Waals surface area contributed by atoms with Gasteiger partial charge < -0.3 is 10.7 Å². The molecular weight excluding hydrogens is 494 g/mol. The van der Waals surface area contributed by atoms with Crippen LogP contribution >= 0.6 is 11.6 Å². The van der Waals surface area contributed by atoms with Gasteiger partial charge in [0.05, 0.1) is 40.1 Å². The van der Waals surface area contributed by atoms with Gasteiger partial charge in [0, 0.05) is 24.7 Å². The van der Waals surface area contributed by atoms with E-state index in [9.17, 15) is 8.42 Å². The first-order chi connectivity index (χ1) is 17.3.